The van der Waals surface area contributed by atoms with Crippen molar-refractivity contribution >= 4 is 5.91 Å². The van der Waals surface area contributed by atoms with Gasteiger partial charge in [-0.25, -0.2) is 4.39 Å². The second kappa shape index (κ2) is 8.27. The Balaban J connectivity index is 1.69. The predicted molar refractivity (Wildman–Crippen MR) is 110 cm³/mol. The molecule has 1 atom stereocenters. The first kappa shape index (κ1) is 18.9. The van der Waals surface area contributed by atoms with Crippen LogP contribution in [0.4, 0.5) is 4.39 Å². The lowest BCUT2D eigenvalue weighted by atomic mass is 9.86. The molecule has 0 saturated heterocycles. The zero-order chi connectivity index (χ0) is 19.5. The average molecular weight is 378 g/mol. The van der Waals surface area contributed by atoms with E-state index in [9.17, 15) is 9.18 Å². The number of nitrogens with zero attached hydrogens (tertiary/aromatic N) is 2. The van der Waals surface area contributed by atoms with E-state index in [1.807, 2.05) is 4.90 Å². The molecule has 0 bridgehead atoms. The van der Waals surface area contributed by atoms with Crippen LogP contribution < -0.4 is 0 Å². The third-order valence-corrected chi connectivity index (χ3v) is 5.93. The van der Waals surface area contributed by atoms with Crippen LogP contribution in [0, 0.1) is 5.82 Å². The largest absolute Gasteiger partial charge is 0.328 e. The first-order valence-electron chi connectivity index (χ1n) is 10.1. The van der Waals surface area contributed by atoms with E-state index in [-0.39, 0.29) is 17.8 Å². The maximum absolute atomic E-state index is 13.8. The summed E-state index contributed by atoms with van der Waals surface area (Å²) in [7, 11) is 2.11. The van der Waals surface area contributed by atoms with Gasteiger partial charge in [-0.05, 0) is 62.1 Å². The van der Waals surface area contributed by atoms with Crippen molar-refractivity contribution in [2.45, 2.75) is 31.7 Å². The lowest BCUT2D eigenvalue weighted by molar-refractivity contribution is 0.0674. The zero-order valence-corrected chi connectivity index (χ0v) is 16.4. The summed E-state index contributed by atoms with van der Waals surface area (Å²) in [5.41, 5.74) is 4.29. The molecule has 28 heavy (non-hydrogen) atoms. The maximum atomic E-state index is 13.8. The van der Waals surface area contributed by atoms with Gasteiger partial charge in [0.25, 0.3) is 5.91 Å². The van der Waals surface area contributed by atoms with E-state index in [0.717, 1.165) is 38.8 Å². The van der Waals surface area contributed by atoms with Gasteiger partial charge < -0.3 is 9.80 Å². The van der Waals surface area contributed by atoms with Crippen molar-refractivity contribution in [1.29, 1.82) is 0 Å². The van der Waals surface area contributed by atoms with Crippen molar-refractivity contribution in [3.63, 3.8) is 0 Å². The normalized spacial score (nSPS) is 19.6. The van der Waals surface area contributed by atoms with Crippen molar-refractivity contribution in [2.75, 3.05) is 26.7 Å². The van der Waals surface area contributed by atoms with Crippen molar-refractivity contribution < 1.29 is 9.18 Å². The van der Waals surface area contributed by atoms with Crippen LogP contribution in [0.15, 0.2) is 60.2 Å². The second-order valence-corrected chi connectivity index (χ2v) is 7.92. The highest BCUT2D eigenvalue weighted by Gasteiger charge is 2.30. The van der Waals surface area contributed by atoms with Crippen molar-refractivity contribution in [3.05, 3.63) is 82.7 Å². The van der Waals surface area contributed by atoms with Gasteiger partial charge in [0.15, 0.2) is 0 Å². The fourth-order valence-electron chi connectivity index (χ4n) is 4.34. The number of rotatable bonds is 4. The Hall–Kier alpha value is -2.46. The number of hydrogen-bond acceptors (Lipinski definition) is 2. The lowest BCUT2D eigenvalue weighted by Crippen LogP contribution is -2.39. The highest BCUT2D eigenvalue weighted by Crippen LogP contribution is 2.36. The zero-order valence-electron chi connectivity index (χ0n) is 16.4. The topological polar surface area (TPSA) is 23.6 Å². The van der Waals surface area contributed by atoms with E-state index in [1.165, 1.54) is 28.8 Å². The lowest BCUT2D eigenvalue weighted by Gasteiger charge is -2.37. The quantitative estimate of drug-likeness (QED) is 0.726. The Morgan fingerprint density at radius 2 is 2.04 bits per heavy atom. The molecule has 2 aliphatic rings. The summed E-state index contributed by atoms with van der Waals surface area (Å²) in [5.74, 6) is -0.450. The Labute approximate surface area is 166 Å². The number of amides is 1. The van der Waals surface area contributed by atoms with E-state index in [4.69, 9.17) is 0 Å². The van der Waals surface area contributed by atoms with E-state index in [1.54, 1.807) is 12.1 Å². The molecule has 2 aromatic rings. The summed E-state index contributed by atoms with van der Waals surface area (Å²) >= 11 is 0. The van der Waals surface area contributed by atoms with Gasteiger partial charge in [-0.3, -0.25) is 4.79 Å². The van der Waals surface area contributed by atoms with E-state index in [2.05, 4.69) is 42.3 Å². The van der Waals surface area contributed by atoms with Gasteiger partial charge in [-0.1, -0.05) is 42.0 Å². The number of carbonyl (C=O) groups is 1. The molecular weight excluding hydrogens is 351 g/mol. The van der Waals surface area contributed by atoms with Gasteiger partial charge in [0.05, 0.1) is 6.04 Å². The van der Waals surface area contributed by atoms with E-state index in [0.29, 0.717) is 12.1 Å². The van der Waals surface area contributed by atoms with Gasteiger partial charge in [-0.2, -0.15) is 0 Å². The Bertz CT molecular complexity index is 892. The number of carbonyl (C=O) groups excluding carboxylic acids is 1. The Kier molecular flexibility index (Phi) is 5.58. The maximum Gasteiger partial charge on any atom is 0.254 e. The number of likely N-dealkylation sites (N-methyl/N-ethyl adjacent to an activating group) is 1. The molecule has 1 aliphatic carbocycles. The van der Waals surface area contributed by atoms with Crippen LogP contribution in [-0.2, 0) is 6.42 Å². The average Bonchev–Trinajstić information content (AvgIpc) is 2.72. The van der Waals surface area contributed by atoms with E-state index < -0.39 is 0 Å². The van der Waals surface area contributed by atoms with Crippen LogP contribution in [0.2, 0.25) is 0 Å². The molecule has 3 nitrogen and oxygen atoms in total. The predicted octanol–water partition coefficient (Wildman–Crippen LogP) is 4.61. The van der Waals surface area contributed by atoms with Gasteiger partial charge in [0, 0.05) is 25.2 Å². The second-order valence-electron chi connectivity index (χ2n) is 7.92. The van der Waals surface area contributed by atoms with Gasteiger partial charge in [0.1, 0.15) is 5.82 Å². The summed E-state index contributed by atoms with van der Waals surface area (Å²) in [5, 5.41) is 0. The smallest absolute Gasteiger partial charge is 0.254 e. The van der Waals surface area contributed by atoms with Gasteiger partial charge >= 0.3 is 0 Å². The molecular formula is C24H27FN2O. The first-order valence-corrected chi connectivity index (χ1v) is 10.1. The fraction of sp³-hybridized carbons (Fsp3) is 0.375. The fourth-order valence-corrected chi connectivity index (χ4v) is 4.34. The summed E-state index contributed by atoms with van der Waals surface area (Å²) in [4.78, 5) is 17.7. The molecule has 0 saturated carbocycles. The number of fused-ring (bicyclic) bond motifs is 1. The van der Waals surface area contributed by atoms with Crippen molar-refractivity contribution in [1.82, 2.24) is 9.80 Å². The van der Waals surface area contributed by atoms with Crippen LogP contribution in [0.1, 0.15) is 46.8 Å². The molecule has 0 fully saturated rings. The molecule has 0 aromatic heterocycles. The number of benzene rings is 2. The molecule has 1 aliphatic heterocycles. The summed E-state index contributed by atoms with van der Waals surface area (Å²) in [6.07, 6.45) is 6.28. The van der Waals surface area contributed by atoms with Crippen LogP contribution >= 0.6 is 0 Å². The van der Waals surface area contributed by atoms with Gasteiger partial charge in [-0.15, -0.1) is 0 Å². The molecule has 0 unspecified atom stereocenters. The Morgan fingerprint density at radius 1 is 1.18 bits per heavy atom. The SMILES string of the molecule is CN1CC=C(CN(C(=O)c2cccc(F)c2)[C@@H]2CCCc3ccccc32)CC1. The monoisotopic (exact) mass is 378 g/mol. The molecule has 4 rings (SSSR count). The molecule has 1 heterocycles. The Morgan fingerprint density at radius 3 is 2.82 bits per heavy atom. The summed E-state index contributed by atoms with van der Waals surface area (Å²) in [6.45, 7) is 2.54. The van der Waals surface area contributed by atoms with Crippen molar-refractivity contribution in [2.24, 2.45) is 0 Å². The summed E-state index contributed by atoms with van der Waals surface area (Å²) < 4.78 is 13.8. The minimum atomic E-state index is -0.367. The number of halogens is 1. The minimum absolute atomic E-state index is 0.0428. The molecule has 0 radical (unpaired) electrons. The molecule has 1 amide bonds. The van der Waals surface area contributed by atoms with Crippen LogP contribution in [0.3, 0.4) is 0 Å². The third kappa shape index (κ3) is 4.02. The molecule has 0 spiro atoms. The van der Waals surface area contributed by atoms with Crippen LogP contribution in [0.25, 0.3) is 0 Å². The van der Waals surface area contributed by atoms with Crippen LogP contribution in [0.5, 0.6) is 0 Å². The van der Waals surface area contributed by atoms with Crippen molar-refractivity contribution in [3.8, 4) is 0 Å². The number of aryl methyl sites for hydroxylation is 1. The van der Waals surface area contributed by atoms with E-state index >= 15 is 0 Å². The molecule has 2 aromatic carbocycles. The highest BCUT2D eigenvalue weighted by molar-refractivity contribution is 5.94. The standard InChI is InChI=1S/C24H27FN2O/c1-26-14-12-18(13-15-26)17-27(24(28)20-8-4-9-21(25)16-20)23-11-5-7-19-6-2-3-10-22(19)23/h2-4,6,8-10,12,16,23H,5,7,11,13-15,17H2,1H3/t23-/m1/s1. The minimum Gasteiger partial charge on any atom is -0.328 e. The van der Waals surface area contributed by atoms with Gasteiger partial charge in [0.2, 0.25) is 0 Å². The van der Waals surface area contributed by atoms with Crippen LogP contribution in [-0.4, -0.2) is 42.4 Å². The first-order chi connectivity index (χ1) is 13.6. The third-order valence-electron chi connectivity index (χ3n) is 5.93. The molecule has 0 N–H and O–H groups in total. The number of hydrogen-bond donors (Lipinski definition) is 0. The molecule has 146 valence electrons. The highest BCUT2D eigenvalue weighted by atomic mass is 19.1. The summed E-state index contributed by atoms with van der Waals surface area (Å²) in [6, 6.07) is 14.6. The molecule has 4 heteroatoms.